The van der Waals surface area contributed by atoms with Crippen molar-refractivity contribution in [3.8, 4) is 0 Å². The fourth-order valence-electron chi connectivity index (χ4n) is 4.21. The van der Waals surface area contributed by atoms with Crippen molar-refractivity contribution in [2.75, 3.05) is 12.3 Å². The first-order chi connectivity index (χ1) is 14.2. The summed E-state index contributed by atoms with van der Waals surface area (Å²) in [6.07, 6.45) is 6.35. The molecule has 152 valence electrons. The average Bonchev–Trinajstić information content (AvgIpc) is 3.14. The molecule has 0 radical (unpaired) electrons. The molecule has 0 spiro atoms. The Morgan fingerprint density at radius 3 is 2.45 bits per heavy atom. The molecule has 0 bridgehead atoms. The molecular weight excluding hydrogens is 380 g/mol. The van der Waals surface area contributed by atoms with Crippen LogP contribution < -0.4 is 5.32 Å². The predicted octanol–water partition coefficient (Wildman–Crippen LogP) is 4.77. The van der Waals surface area contributed by atoms with Crippen molar-refractivity contribution in [3.05, 3.63) is 71.3 Å². The van der Waals surface area contributed by atoms with E-state index in [9.17, 15) is 9.59 Å². The third-order valence-electron chi connectivity index (χ3n) is 5.90. The molecule has 2 aromatic rings. The fraction of sp³-hybridized carbons (Fsp3) is 0.417. The SMILES string of the molecule is O=C(NCC1CCCCC1)c1ccc([C@@H]2SCC(=O)N2Cc2ccccc2)cc1. The number of hydrogen-bond donors (Lipinski definition) is 1. The summed E-state index contributed by atoms with van der Waals surface area (Å²) < 4.78 is 0. The number of nitrogens with zero attached hydrogens (tertiary/aromatic N) is 1. The van der Waals surface area contributed by atoms with Crippen LogP contribution in [0, 0.1) is 5.92 Å². The molecule has 2 fully saturated rings. The standard InChI is InChI=1S/C24H28N2O2S/c27-22-17-29-24(26(22)16-19-9-5-2-6-10-19)21-13-11-20(12-14-21)23(28)25-15-18-7-3-1-4-8-18/h2,5-6,9-14,18,24H,1,3-4,7-8,15-17H2,(H,25,28)/t24-/m0/s1. The van der Waals surface area contributed by atoms with Gasteiger partial charge in [-0.25, -0.2) is 0 Å². The van der Waals surface area contributed by atoms with Crippen LogP contribution in [0.1, 0.15) is 59.0 Å². The van der Waals surface area contributed by atoms with Crippen LogP contribution in [0.4, 0.5) is 0 Å². The van der Waals surface area contributed by atoms with E-state index in [1.807, 2.05) is 59.5 Å². The van der Waals surface area contributed by atoms with Crippen molar-refractivity contribution in [1.29, 1.82) is 0 Å². The van der Waals surface area contributed by atoms with Crippen LogP contribution in [0.3, 0.4) is 0 Å². The van der Waals surface area contributed by atoms with Gasteiger partial charge in [0.2, 0.25) is 5.91 Å². The van der Waals surface area contributed by atoms with Crippen molar-refractivity contribution < 1.29 is 9.59 Å². The van der Waals surface area contributed by atoms with Crippen LogP contribution in [0.2, 0.25) is 0 Å². The monoisotopic (exact) mass is 408 g/mol. The molecule has 4 nitrogen and oxygen atoms in total. The Bertz CT molecular complexity index is 832. The molecule has 1 N–H and O–H groups in total. The summed E-state index contributed by atoms with van der Waals surface area (Å²) in [5.41, 5.74) is 2.89. The summed E-state index contributed by atoms with van der Waals surface area (Å²) in [6.45, 7) is 1.39. The van der Waals surface area contributed by atoms with E-state index in [0.717, 1.165) is 17.7 Å². The van der Waals surface area contributed by atoms with E-state index in [4.69, 9.17) is 0 Å². The summed E-state index contributed by atoms with van der Waals surface area (Å²) in [7, 11) is 0. The van der Waals surface area contributed by atoms with Crippen LogP contribution >= 0.6 is 11.8 Å². The van der Waals surface area contributed by atoms with E-state index < -0.39 is 0 Å². The van der Waals surface area contributed by atoms with Crippen LogP contribution in [0.5, 0.6) is 0 Å². The minimum Gasteiger partial charge on any atom is -0.352 e. The second kappa shape index (κ2) is 9.49. The van der Waals surface area contributed by atoms with Crippen molar-refractivity contribution in [2.24, 2.45) is 5.92 Å². The number of nitrogens with one attached hydrogen (secondary N) is 1. The molecule has 1 saturated heterocycles. The summed E-state index contributed by atoms with van der Waals surface area (Å²) in [6, 6.07) is 17.8. The van der Waals surface area contributed by atoms with Crippen molar-refractivity contribution in [3.63, 3.8) is 0 Å². The zero-order valence-electron chi connectivity index (χ0n) is 16.7. The van der Waals surface area contributed by atoms with Crippen molar-refractivity contribution in [2.45, 2.75) is 44.0 Å². The Labute approximate surface area is 177 Å². The van der Waals surface area contributed by atoms with Gasteiger partial charge in [0.1, 0.15) is 5.37 Å². The van der Waals surface area contributed by atoms with E-state index >= 15 is 0 Å². The van der Waals surface area contributed by atoms with E-state index in [1.165, 1.54) is 32.1 Å². The largest absolute Gasteiger partial charge is 0.352 e. The number of carbonyl (C=O) groups excluding carboxylic acids is 2. The molecule has 1 heterocycles. The Kier molecular flexibility index (Phi) is 6.55. The molecule has 1 aliphatic carbocycles. The maximum Gasteiger partial charge on any atom is 0.251 e. The Hall–Kier alpha value is -2.27. The van der Waals surface area contributed by atoms with Gasteiger partial charge in [0, 0.05) is 18.7 Å². The van der Waals surface area contributed by atoms with Crippen LogP contribution in [0.15, 0.2) is 54.6 Å². The number of carbonyl (C=O) groups is 2. The quantitative estimate of drug-likeness (QED) is 0.749. The molecule has 1 atom stereocenters. The predicted molar refractivity (Wildman–Crippen MR) is 118 cm³/mol. The maximum absolute atomic E-state index is 12.5. The number of benzene rings is 2. The van der Waals surface area contributed by atoms with Crippen LogP contribution in [-0.4, -0.2) is 29.0 Å². The number of thioether (sulfide) groups is 1. The van der Waals surface area contributed by atoms with E-state index in [0.29, 0.717) is 23.8 Å². The number of rotatable bonds is 6. The number of hydrogen-bond acceptors (Lipinski definition) is 3. The molecule has 2 aliphatic rings. The van der Waals surface area contributed by atoms with E-state index in [-0.39, 0.29) is 17.2 Å². The van der Waals surface area contributed by atoms with Gasteiger partial charge in [-0.05, 0) is 42.0 Å². The molecule has 5 heteroatoms. The van der Waals surface area contributed by atoms with Gasteiger partial charge in [-0.2, -0.15) is 0 Å². The van der Waals surface area contributed by atoms with Gasteiger partial charge in [0.25, 0.3) is 5.91 Å². The summed E-state index contributed by atoms with van der Waals surface area (Å²) in [5.74, 6) is 1.29. The lowest BCUT2D eigenvalue weighted by atomic mass is 9.89. The molecule has 1 saturated carbocycles. The molecule has 1 aliphatic heterocycles. The highest BCUT2D eigenvalue weighted by molar-refractivity contribution is 8.00. The Morgan fingerprint density at radius 1 is 1.00 bits per heavy atom. The lowest BCUT2D eigenvalue weighted by Crippen LogP contribution is -2.30. The van der Waals surface area contributed by atoms with E-state index in [2.05, 4.69) is 5.32 Å². The first-order valence-electron chi connectivity index (χ1n) is 10.5. The summed E-state index contributed by atoms with van der Waals surface area (Å²) >= 11 is 1.65. The third kappa shape index (κ3) is 5.02. The highest BCUT2D eigenvalue weighted by Gasteiger charge is 2.32. The molecule has 4 rings (SSSR count). The van der Waals surface area contributed by atoms with Crippen molar-refractivity contribution in [1.82, 2.24) is 10.2 Å². The topological polar surface area (TPSA) is 49.4 Å². The second-order valence-electron chi connectivity index (χ2n) is 8.01. The van der Waals surface area contributed by atoms with Crippen LogP contribution in [0.25, 0.3) is 0 Å². The zero-order valence-corrected chi connectivity index (χ0v) is 17.5. The lowest BCUT2D eigenvalue weighted by molar-refractivity contribution is -0.128. The van der Waals surface area contributed by atoms with Gasteiger partial charge in [-0.15, -0.1) is 11.8 Å². The minimum atomic E-state index is -0.00147. The molecule has 29 heavy (non-hydrogen) atoms. The zero-order chi connectivity index (χ0) is 20.1. The van der Waals surface area contributed by atoms with Crippen molar-refractivity contribution >= 4 is 23.6 Å². The molecule has 0 aromatic heterocycles. The van der Waals surface area contributed by atoms with E-state index in [1.54, 1.807) is 11.8 Å². The lowest BCUT2D eigenvalue weighted by Gasteiger charge is -2.24. The van der Waals surface area contributed by atoms with Gasteiger partial charge >= 0.3 is 0 Å². The minimum absolute atomic E-state index is 0.00147. The summed E-state index contributed by atoms with van der Waals surface area (Å²) in [4.78, 5) is 26.8. The Balaban J connectivity index is 1.38. The first-order valence-corrected chi connectivity index (χ1v) is 11.6. The average molecular weight is 409 g/mol. The van der Waals surface area contributed by atoms with Gasteiger partial charge in [-0.1, -0.05) is 61.7 Å². The highest BCUT2D eigenvalue weighted by Crippen LogP contribution is 2.39. The van der Waals surface area contributed by atoms with Crippen LogP contribution in [-0.2, 0) is 11.3 Å². The normalized spacial score (nSPS) is 20.1. The Morgan fingerprint density at radius 2 is 1.72 bits per heavy atom. The highest BCUT2D eigenvalue weighted by atomic mass is 32.2. The molecule has 2 amide bonds. The fourth-order valence-corrected chi connectivity index (χ4v) is 5.40. The first kappa shape index (κ1) is 20.0. The van der Waals surface area contributed by atoms with Gasteiger partial charge < -0.3 is 10.2 Å². The molecular formula is C24H28N2O2S. The third-order valence-corrected chi connectivity index (χ3v) is 7.15. The van der Waals surface area contributed by atoms with Gasteiger partial charge in [0.15, 0.2) is 0 Å². The number of amides is 2. The molecule has 2 aromatic carbocycles. The second-order valence-corrected chi connectivity index (χ2v) is 9.08. The smallest absolute Gasteiger partial charge is 0.251 e. The maximum atomic E-state index is 12.5. The molecule has 0 unspecified atom stereocenters. The summed E-state index contributed by atoms with van der Waals surface area (Å²) in [5, 5.41) is 3.10. The van der Waals surface area contributed by atoms with Gasteiger partial charge in [0.05, 0.1) is 5.75 Å². The van der Waals surface area contributed by atoms with Gasteiger partial charge in [-0.3, -0.25) is 9.59 Å².